The molecule has 0 aliphatic heterocycles. The van der Waals surface area contributed by atoms with E-state index >= 15 is 0 Å². The number of ether oxygens (including phenoxy) is 1. The molecule has 2 aromatic rings. The van der Waals surface area contributed by atoms with Crippen LogP contribution >= 0.6 is 35.0 Å². The summed E-state index contributed by atoms with van der Waals surface area (Å²) >= 11 is 13.8. The van der Waals surface area contributed by atoms with Gasteiger partial charge in [0.15, 0.2) is 0 Å². The van der Waals surface area contributed by atoms with E-state index in [-0.39, 0.29) is 5.91 Å². The predicted molar refractivity (Wildman–Crippen MR) is 126 cm³/mol. The van der Waals surface area contributed by atoms with Gasteiger partial charge in [-0.05, 0) is 60.6 Å². The molecule has 0 heterocycles. The van der Waals surface area contributed by atoms with E-state index in [9.17, 15) is 4.79 Å². The van der Waals surface area contributed by atoms with Gasteiger partial charge >= 0.3 is 0 Å². The normalized spacial score (nSPS) is 14.9. The summed E-state index contributed by atoms with van der Waals surface area (Å²) in [4.78, 5) is 13.6. The third-order valence-corrected chi connectivity index (χ3v) is 6.14. The number of carbonyl (C=O) groups is 1. The van der Waals surface area contributed by atoms with Crippen molar-refractivity contribution in [3.63, 3.8) is 0 Å². The van der Waals surface area contributed by atoms with Crippen LogP contribution in [0.5, 0.6) is 5.75 Å². The smallest absolute Gasteiger partial charge is 0.228 e. The molecule has 1 amide bonds. The van der Waals surface area contributed by atoms with E-state index in [0.717, 1.165) is 28.3 Å². The molecule has 3 rings (SSSR count). The monoisotopic (exact) mass is 459 g/mol. The molecule has 1 N–H and O–H groups in total. The Hall–Kier alpha value is -2.14. The molecule has 1 aliphatic rings. The van der Waals surface area contributed by atoms with Gasteiger partial charge in [0.2, 0.25) is 5.91 Å². The Kier molecular flexibility index (Phi) is 8.08. The van der Waals surface area contributed by atoms with Gasteiger partial charge in [-0.1, -0.05) is 54.4 Å². The maximum Gasteiger partial charge on any atom is 0.228 e. The molecule has 0 fully saturated rings. The van der Waals surface area contributed by atoms with E-state index in [4.69, 9.17) is 27.9 Å². The number of nitrogens with one attached hydrogen (secondary N) is 1. The number of rotatable bonds is 7. The van der Waals surface area contributed by atoms with Crippen molar-refractivity contribution in [2.45, 2.75) is 31.6 Å². The highest BCUT2D eigenvalue weighted by Gasteiger charge is 2.10. The van der Waals surface area contributed by atoms with Crippen LogP contribution in [0.2, 0.25) is 10.0 Å². The number of thioether (sulfide) groups is 1. The van der Waals surface area contributed by atoms with Gasteiger partial charge in [-0.2, -0.15) is 0 Å². The minimum absolute atomic E-state index is 0.0296. The van der Waals surface area contributed by atoms with Crippen LogP contribution in [-0.2, 0) is 11.2 Å². The molecule has 30 heavy (non-hydrogen) atoms. The molecule has 0 atom stereocenters. The van der Waals surface area contributed by atoms with Crippen LogP contribution < -0.4 is 10.1 Å². The van der Waals surface area contributed by atoms with Crippen molar-refractivity contribution >= 4 is 40.9 Å². The van der Waals surface area contributed by atoms with Gasteiger partial charge in [-0.25, -0.2) is 0 Å². The van der Waals surface area contributed by atoms with Crippen LogP contribution in [0, 0.1) is 0 Å². The topological polar surface area (TPSA) is 38.3 Å². The predicted octanol–water partition coefficient (Wildman–Crippen LogP) is 6.96. The summed E-state index contributed by atoms with van der Waals surface area (Å²) in [6, 6.07) is 13.3. The van der Waals surface area contributed by atoms with Crippen molar-refractivity contribution < 1.29 is 9.53 Å². The molecular formula is C24H23Cl2NO2S. The van der Waals surface area contributed by atoms with Crippen LogP contribution in [0.3, 0.4) is 0 Å². The molecule has 3 nitrogen and oxygen atoms in total. The van der Waals surface area contributed by atoms with Crippen LogP contribution in [0.4, 0.5) is 0 Å². The lowest BCUT2D eigenvalue weighted by Crippen LogP contribution is -2.24. The molecular weight excluding hydrogens is 437 g/mol. The molecule has 6 heteroatoms. The Labute approximate surface area is 191 Å². The summed E-state index contributed by atoms with van der Waals surface area (Å²) in [5.41, 5.74) is 2.83. The van der Waals surface area contributed by atoms with Crippen molar-refractivity contribution in [3.8, 4) is 5.75 Å². The number of allylic oxidation sites excluding steroid dienone is 5. The third kappa shape index (κ3) is 6.43. The van der Waals surface area contributed by atoms with Crippen molar-refractivity contribution in [2.24, 2.45) is 0 Å². The average Bonchev–Trinajstić information content (AvgIpc) is 2.73. The minimum atomic E-state index is -0.0296. The number of carbonyl (C=O) groups excluding carboxylic acids is 1. The van der Waals surface area contributed by atoms with Gasteiger partial charge in [-0.3, -0.25) is 4.79 Å². The lowest BCUT2D eigenvalue weighted by atomic mass is 10.0. The SMILES string of the molecule is CCSc1ccc(CC(=O)NC2=CCC(=C(C)Oc3ccc(Cl)c(Cl)c3)C=C2)cc1. The number of hydrogen-bond donors (Lipinski definition) is 1. The van der Waals surface area contributed by atoms with Gasteiger partial charge in [-0.15, -0.1) is 11.8 Å². The van der Waals surface area contributed by atoms with Crippen molar-refractivity contribution in [3.05, 3.63) is 93.3 Å². The molecule has 0 aromatic heterocycles. The van der Waals surface area contributed by atoms with Crippen LogP contribution in [-0.4, -0.2) is 11.7 Å². The zero-order valence-electron chi connectivity index (χ0n) is 16.9. The molecule has 2 aromatic carbocycles. The second-order valence-electron chi connectivity index (χ2n) is 6.76. The Balaban J connectivity index is 1.54. The fourth-order valence-corrected chi connectivity index (χ4v) is 3.89. The molecule has 0 bridgehead atoms. The third-order valence-electron chi connectivity index (χ3n) is 4.50. The van der Waals surface area contributed by atoms with E-state index in [2.05, 4.69) is 24.4 Å². The zero-order chi connectivity index (χ0) is 21.5. The quantitative estimate of drug-likeness (QED) is 0.359. The highest BCUT2D eigenvalue weighted by atomic mass is 35.5. The van der Waals surface area contributed by atoms with Gasteiger partial charge < -0.3 is 10.1 Å². The maximum atomic E-state index is 12.4. The maximum absolute atomic E-state index is 12.4. The molecule has 0 radical (unpaired) electrons. The van der Waals surface area contributed by atoms with E-state index in [1.165, 1.54) is 4.90 Å². The number of halogens is 2. The lowest BCUT2D eigenvalue weighted by Gasteiger charge is -2.15. The number of amides is 1. The molecule has 0 saturated heterocycles. The minimum Gasteiger partial charge on any atom is -0.462 e. The molecule has 156 valence electrons. The zero-order valence-corrected chi connectivity index (χ0v) is 19.2. The summed E-state index contributed by atoms with van der Waals surface area (Å²) in [7, 11) is 0. The van der Waals surface area contributed by atoms with Crippen LogP contribution in [0.25, 0.3) is 0 Å². The largest absolute Gasteiger partial charge is 0.462 e. The molecule has 0 saturated carbocycles. The van der Waals surface area contributed by atoms with Crippen molar-refractivity contribution in [1.29, 1.82) is 0 Å². The van der Waals surface area contributed by atoms with E-state index in [1.807, 2.05) is 37.3 Å². The number of hydrogen-bond acceptors (Lipinski definition) is 3. The van der Waals surface area contributed by atoms with Crippen LogP contribution in [0.1, 0.15) is 25.8 Å². The van der Waals surface area contributed by atoms with E-state index in [0.29, 0.717) is 28.6 Å². The first-order valence-electron chi connectivity index (χ1n) is 9.67. The van der Waals surface area contributed by atoms with Crippen molar-refractivity contribution in [2.75, 3.05) is 5.75 Å². The number of benzene rings is 2. The highest BCUT2D eigenvalue weighted by molar-refractivity contribution is 7.99. The van der Waals surface area contributed by atoms with Crippen LogP contribution in [0.15, 0.2) is 82.6 Å². The first kappa shape index (κ1) is 22.5. The summed E-state index contributed by atoms with van der Waals surface area (Å²) < 4.78 is 5.88. The Bertz CT molecular complexity index is 1010. The highest BCUT2D eigenvalue weighted by Crippen LogP contribution is 2.28. The first-order chi connectivity index (χ1) is 14.4. The van der Waals surface area contributed by atoms with Crippen molar-refractivity contribution in [1.82, 2.24) is 5.32 Å². The Morgan fingerprint density at radius 1 is 1.10 bits per heavy atom. The summed E-state index contributed by atoms with van der Waals surface area (Å²) in [5, 5.41) is 3.91. The fraction of sp³-hybridized carbons (Fsp3) is 0.208. The summed E-state index contributed by atoms with van der Waals surface area (Å²) in [6.45, 7) is 4.03. The first-order valence-corrected chi connectivity index (χ1v) is 11.4. The Morgan fingerprint density at radius 3 is 2.50 bits per heavy atom. The Morgan fingerprint density at radius 2 is 1.87 bits per heavy atom. The van der Waals surface area contributed by atoms with Gasteiger partial charge in [0.1, 0.15) is 11.5 Å². The van der Waals surface area contributed by atoms with E-state index in [1.54, 1.807) is 30.0 Å². The summed E-state index contributed by atoms with van der Waals surface area (Å²) in [6.07, 6.45) is 6.85. The second kappa shape index (κ2) is 10.8. The standard InChI is InChI=1S/C24H23Cl2NO2S/c1-3-30-21-11-4-17(5-12-21)14-24(28)27-19-8-6-18(7-9-19)16(2)29-20-10-13-22(25)23(26)15-20/h4-6,8-13,15H,3,7,14H2,1-2H3,(H,27,28). The van der Waals surface area contributed by atoms with Gasteiger partial charge in [0, 0.05) is 16.7 Å². The molecule has 0 unspecified atom stereocenters. The van der Waals surface area contributed by atoms with Gasteiger partial charge in [0.05, 0.1) is 16.5 Å². The molecule has 0 spiro atoms. The van der Waals surface area contributed by atoms with Gasteiger partial charge in [0.25, 0.3) is 0 Å². The lowest BCUT2D eigenvalue weighted by molar-refractivity contribution is -0.119. The van der Waals surface area contributed by atoms with E-state index < -0.39 is 0 Å². The summed E-state index contributed by atoms with van der Waals surface area (Å²) in [5.74, 6) is 2.41. The molecule has 1 aliphatic carbocycles. The second-order valence-corrected chi connectivity index (χ2v) is 8.91. The fourth-order valence-electron chi connectivity index (χ4n) is 2.94. The average molecular weight is 460 g/mol.